The van der Waals surface area contributed by atoms with E-state index in [1.807, 2.05) is 121 Å². The number of thiol groups is 1. The number of aromatic amines is 1. The van der Waals surface area contributed by atoms with E-state index in [1.54, 1.807) is 76.6 Å². The number of anilines is 3. The Morgan fingerprint density at radius 1 is 0.535 bits per heavy atom. The van der Waals surface area contributed by atoms with Crippen LogP contribution >= 0.6 is 99.1 Å². The number of aromatic hydroxyl groups is 3. The second-order valence-electron chi connectivity index (χ2n) is 22.5. The van der Waals surface area contributed by atoms with E-state index in [9.17, 15) is 18.9 Å². The van der Waals surface area contributed by atoms with Gasteiger partial charge >= 0.3 is 12.3 Å². The summed E-state index contributed by atoms with van der Waals surface area (Å²) in [6.45, 7) is 8.24. The number of halogens is 6. The first-order valence-electron chi connectivity index (χ1n) is 32.3. The first-order chi connectivity index (χ1) is 49.7. The predicted octanol–water partition coefficient (Wildman–Crippen LogP) is 20.0. The van der Waals surface area contributed by atoms with E-state index in [0.717, 1.165) is 89.5 Å². The van der Waals surface area contributed by atoms with E-state index >= 15 is 0 Å². The maximum Gasteiger partial charge on any atom is 0.488 e. The monoisotopic (exact) mass is 1560 g/mol. The van der Waals surface area contributed by atoms with E-state index in [2.05, 4.69) is 162 Å². The summed E-state index contributed by atoms with van der Waals surface area (Å²) in [6, 6.07) is 70.0. The standard InChI is InChI=1S/C18H18N2.C17H16N2O.C10H8ClN.C9H6ClNO.C9H7NO2.C8H12BNO2.C2H8P2S.CH3F.Cl3OP.H3P/c1-13-4-10-18-15(12-13)7-11-17(19-18)14-5-8-16(9-6-14)20(2)3;1-19(2)14-6-3-12(4-7-14)16-9-5-13-11-15(20)8-10-17(13)18-16;1-7-2-4-9-8(6-7)3-5-10(11)12-9;10-9-4-1-6-5-7(12)2-3-8(6)11-9;11-7-2-3-8-6(5-7)1-4-9(12)10-8;1-10(2)8-5-3-7(4-6-8)9(11)12;1-4(2)3-5;1-2;1-5(2,3)4;/h4-12H,1-3H3;3-11,20H,1-2H3;2-6H,1H3;1-5,12H;1-5,11H,(H,10,12);3-6,11-12H,1-2H3;3,5H,1-2H3;1H3;;1H3/i;;;;;;3T,5D;1D;;1D. The molecule has 2 atom stereocenters. The van der Waals surface area contributed by atoms with Gasteiger partial charge in [0.25, 0.3) is 0 Å². The number of H-pyrrole nitrogens is 1. The molecule has 15 nitrogen and oxygen atoms in total. The normalized spacial score (nSPS) is 11.0. The summed E-state index contributed by atoms with van der Waals surface area (Å²) in [4.78, 5) is 37.3. The molecule has 0 bridgehead atoms. The van der Waals surface area contributed by atoms with Crippen molar-refractivity contribution in [3.05, 3.63) is 256 Å². The molecular formula is C74H81BCl5FN8O7P4S. The smallest absolute Gasteiger partial charge is 0.488 e. The number of phenols is 3. The van der Waals surface area contributed by atoms with Gasteiger partial charge in [-0.05, 0) is 232 Å². The summed E-state index contributed by atoms with van der Waals surface area (Å²) in [7, 11) is 10.4. The van der Waals surface area contributed by atoms with E-state index in [-0.39, 0.29) is 30.4 Å². The predicted molar refractivity (Wildman–Crippen MR) is 446 cm³/mol. The number of benzene rings is 8. The molecule has 0 amide bonds. The molecule has 0 saturated carbocycles. The number of nitrogens with zero attached hydrogens (tertiary/aromatic N) is 7. The molecule has 5 heterocycles. The van der Waals surface area contributed by atoms with Gasteiger partial charge in [-0.3, -0.25) is 13.8 Å². The third-order valence-corrected chi connectivity index (χ3v) is 18.6. The van der Waals surface area contributed by atoms with Gasteiger partial charge < -0.3 is 45.1 Å². The fraction of sp³-hybridized carbons (Fsp3) is 0.149. The molecule has 530 valence electrons. The first kappa shape index (κ1) is 79.3. The molecular weight excluding hydrogens is 1480 g/mol. The Labute approximate surface area is 630 Å². The molecule has 0 aliphatic heterocycles. The molecule has 0 aliphatic rings. The van der Waals surface area contributed by atoms with E-state index in [1.165, 1.54) is 40.0 Å². The number of aromatic nitrogens is 5. The molecule has 13 rings (SSSR count). The van der Waals surface area contributed by atoms with Crippen LogP contribution in [-0.4, -0.2) is 124 Å². The van der Waals surface area contributed by atoms with Crippen LogP contribution < -0.4 is 25.7 Å². The van der Waals surface area contributed by atoms with Crippen LogP contribution in [-0.2, 0) is 4.57 Å². The lowest BCUT2D eigenvalue weighted by Gasteiger charge is -2.12. The van der Waals surface area contributed by atoms with Crippen molar-refractivity contribution in [3.8, 4) is 39.8 Å². The van der Waals surface area contributed by atoms with Crippen LogP contribution in [0.5, 0.6) is 17.2 Å². The lowest BCUT2D eigenvalue weighted by molar-refractivity contribution is 0.425. The highest BCUT2D eigenvalue weighted by molar-refractivity contribution is 8.62. The SMILES string of the molecule is CN(C)c1ccc(-c2ccc3cc(O)ccc3n2)cc1.CN(C)c1ccc(B(O)O)cc1.Cc1ccc2nc(-c3ccc(N(C)C)cc3)ccc2c1.Cc1ccc2nc(Cl)ccc2c1.O=P(Cl)(Cl)Cl.O=c1ccc2cc(O)ccc2[nH]1.Oc1ccc2nc(Cl)ccc2c1.[2H]CF.[2H]P.[2H]SP([3H])P(C)C. The highest BCUT2D eigenvalue weighted by Crippen LogP contribution is 2.61. The van der Waals surface area contributed by atoms with E-state index in [0.29, 0.717) is 15.8 Å². The minimum Gasteiger partial charge on any atom is -0.508 e. The Hall–Kier alpha value is -7.36. The second-order valence-corrected chi connectivity index (χ2v) is 36.1. The van der Waals surface area contributed by atoms with Gasteiger partial charge in [0.2, 0.25) is 5.56 Å². The molecule has 2 unspecified atom stereocenters. The topological polar surface area (TPSA) is 212 Å². The van der Waals surface area contributed by atoms with Gasteiger partial charge in [0.05, 0.1) is 44.5 Å². The molecule has 13 aromatic rings. The average molecular weight is 1560 g/mol. The van der Waals surface area contributed by atoms with E-state index in [4.69, 9.17) is 53.5 Å². The molecule has 0 aliphatic carbocycles. The van der Waals surface area contributed by atoms with Gasteiger partial charge in [-0.1, -0.05) is 103 Å². The number of rotatable bonds is 8. The van der Waals surface area contributed by atoms with Crippen molar-refractivity contribution in [1.29, 1.82) is 3.68 Å². The van der Waals surface area contributed by atoms with Crippen molar-refractivity contribution in [1.82, 2.24) is 24.9 Å². The Balaban J connectivity index is 0.000000258. The number of hydrogen-bond acceptors (Lipinski definition) is 15. The van der Waals surface area contributed by atoms with Crippen LogP contribution in [0.3, 0.4) is 0 Å². The molecule has 0 spiro atoms. The molecule has 0 saturated heterocycles. The number of pyridine rings is 5. The quantitative estimate of drug-likeness (QED) is 0.0327. The average Bonchev–Trinajstić information content (AvgIpc) is 0.832. The van der Waals surface area contributed by atoms with Gasteiger partial charge in [-0.25, -0.2) is 19.9 Å². The molecule has 0 radical (unpaired) electrons. The minimum atomic E-state index is -3.22. The van der Waals surface area contributed by atoms with Crippen LogP contribution in [0.15, 0.2) is 229 Å². The van der Waals surface area contributed by atoms with Crippen molar-refractivity contribution in [3.63, 3.8) is 0 Å². The number of hydrogen-bond donors (Lipinski definition) is 7. The minimum absolute atomic E-state index is 0.131. The summed E-state index contributed by atoms with van der Waals surface area (Å²) >= 11 is 26.2. The number of phenolic OH excluding ortho intramolecular Hbond substituents is 3. The summed E-state index contributed by atoms with van der Waals surface area (Å²) in [5.74, 6) is 0.712. The molecule has 0 fully saturated rings. The van der Waals surface area contributed by atoms with Crippen molar-refractivity contribution in [2.45, 2.75) is 13.8 Å². The van der Waals surface area contributed by atoms with Gasteiger partial charge in [0, 0.05) is 109 Å². The Bertz CT molecular complexity index is 4620. The largest absolute Gasteiger partial charge is 0.508 e. The fourth-order valence-corrected chi connectivity index (χ4v) is 9.24. The molecule has 6 N–H and O–H groups in total. The molecule has 5 aromatic heterocycles. The molecule has 101 heavy (non-hydrogen) atoms. The van der Waals surface area contributed by atoms with Crippen molar-refractivity contribution in [2.24, 2.45) is 0 Å². The van der Waals surface area contributed by atoms with Crippen molar-refractivity contribution < 1.29 is 35.7 Å². The van der Waals surface area contributed by atoms with Crippen molar-refractivity contribution >= 4 is 183 Å². The zero-order valence-electron chi connectivity index (χ0n) is 60.9. The highest BCUT2D eigenvalue weighted by atomic mass is 36.0. The van der Waals surface area contributed by atoms with Crippen LogP contribution in [0.25, 0.3) is 77.0 Å². The lowest BCUT2D eigenvalue weighted by Crippen LogP contribution is -2.29. The summed E-state index contributed by atoms with van der Waals surface area (Å²) < 4.78 is 44.5. The van der Waals surface area contributed by atoms with Crippen molar-refractivity contribution in [2.75, 3.05) is 77.5 Å². The zero-order chi connectivity index (χ0) is 78.1. The highest BCUT2D eigenvalue weighted by Gasteiger charge is 2.11. The van der Waals surface area contributed by atoms with Gasteiger partial charge in [0.1, 0.15) is 28.7 Å². The van der Waals surface area contributed by atoms with Crippen LogP contribution in [0.2, 0.25) is 10.3 Å². The van der Waals surface area contributed by atoms with Gasteiger partial charge in [0.15, 0.2) is 0 Å². The fourth-order valence-electron chi connectivity index (χ4n) is 8.93. The lowest BCUT2D eigenvalue weighted by atomic mass is 9.80. The first-order valence-corrected chi connectivity index (χ1v) is 40.2. The maximum atomic E-state index is 10.9. The van der Waals surface area contributed by atoms with Crippen LogP contribution in [0.4, 0.5) is 21.5 Å². The number of fused-ring (bicyclic) bond motifs is 5. The number of alkyl halides is 1. The second kappa shape index (κ2) is 42.9. The maximum absolute atomic E-state index is 10.9. The Morgan fingerprint density at radius 2 is 0.861 bits per heavy atom. The third-order valence-electron chi connectivity index (χ3n) is 13.9. The third kappa shape index (κ3) is 30.2. The molecule has 27 heteroatoms. The molecule has 8 aromatic carbocycles. The van der Waals surface area contributed by atoms with E-state index < -0.39 is 26.9 Å². The Kier molecular flexibility index (Phi) is 33.7. The van der Waals surface area contributed by atoms with Gasteiger partial charge in [-0.2, -0.15) is 9.84 Å². The number of aryl methyl sites for hydroxylation is 2. The summed E-state index contributed by atoms with van der Waals surface area (Å²) in [5, 5.41) is 48.1. The van der Waals surface area contributed by atoms with Crippen LogP contribution in [0.1, 0.15) is 12.5 Å². The summed E-state index contributed by atoms with van der Waals surface area (Å²) in [6.07, 6.45) is 0. The zero-order valence-corrected chi connectivity index (χ0v) is 65.4. The summed E-state index contributed by atoms with van der Waals surface area (Å²) in [5.41, 5.74) is 14.9. The van der Waals surface area contributed by atoms with Crippen LogP contribution in [0, 0.1) is 13.8 Å². The Morgan fingerprint density at radius 3 is 1.22 bits per heavy atom. The number of nitrogens with one attached hydrogen (secondary N) is 1. The van der Waals surface area contributed by atoms with Gasteiger partial charge in [-0.15, -0.1) is 12.2 Å².